The number of para-hydroxylation sites is 2. The van der Waals surface area contributed by atoms with Gasteiger partial charge in [0.05, 0.1) is 11.0 Å². The van der Waals surface area contributed by atoms with Crippen LogP contribution in [0.5, 0.6) is 0 Å². The fraction of sp³-hybridized carbons (Fsp3) is 0.500. The van der Waals surface area contributed by atoms with Gasteiger partial charge in [-0.3, -0.25) is 0 Å². The summed E-state index contributed by atoms with van der Waals surface area (Å²) in [5.41, 5.74) is 2.12. The Morgan fingerprint density at radius 3 is 2.82 bits per heavy atom. The lowest BCUT2D eigenvalue weighted by Crippen LogP contribution is -2.03. The summed E-state index contributed by atoms with van der Waals surface area (Å²) in [4.78, 5) is 7.75. The molecule has 1 aromatic carbocycles. The second kappa shape index (κ2) is 5.71. The van der Waals surface area contributed by atoms with Crippen LogP contribution in [0.3, 0.4) is 0 Å². The number of nitrogens with one attached hydrogen (secondary N) is 2. The van der Waals surface area contributed by atoms with Gasteiger partial charge in [0, 0.05) is 6.54 Å². The van der Waals surface area contributed by atoms with E-state index >= 15 is 0 Å². The molecule has 2 N–H and O–H groups in total. The Kier molecular flexibility index (Phi) is 4.02. The van der Waals surface area contributed by atoms with Gasteiger partial charge in [0.15, 0.2) is 0 Å². The number of aromatic amines is 1. The molecule has 0 amide bonds. The monoisotopic (exact) mass is 231 g/mol. The molecule has 0 saturated heterocycles. The molecule has 17 heavy (non-hydrogen) atoms. The van der Waals surface area contributed by atoms with Crippen LogP contribution in [-0.2, 0) is 0 Å². The van der Waals surface area contributed by atoms with Crippen LogP contribution in [0.2, 0.25) is 0 Å². The zero-order valence-corrected chi connectivity index (χ0v) is 10.7. The molecule has 2 aromatic rings. The van der Waals surface area contributed by atoms with Gasteiger partial charge in [-0.15, -0.1) is 0 Å². The molecule has 92 valence electrons. The average Bonchev–Trinajstić information content (AvgIpc) is 2.70. The first-order chi connectivity index (χ1) is 8.25. The maximum atomic E-state index is 4.48. The van der Waals surface area contributed by atoms with Crippen molar-refractivity contribution in [3.8, 4) is 0 Å². The molecular formula is C14H21N3. The summed E-state index contributed by atoms with van der Waals surface area (Å²) in [6.45, 7) is 5.53. The topological polar surface area (TPSA) is 40.7 Å². The number of hydrogen-bond acceptors (Lipinski definition) is 2. The van der Waals surface area contributed by atoms with Crippen LogP contribution in [0.1, 0.15) is 33.1 Å². The van der Waals surface area contributed by atoms with Crippen LogP contribution in [0.15, 0.2) is 24.3 Å². The lowest BCUT2D eigenvalue weighted by molar-refractivity contribution is 0.544. The van der Waals surface area contributed by atoms with Crippen molar-refractivity contribution in [2.45, 2.75) is 33.1 Å². The Labute approximate surface area is 103 Å². The normalized spacial score (nSPS) is 11.2. The van der Waals surface area contributed by atoms with Gasteiger partial charge in [-0.2, -0.15) is 0 Å². The highest BCUT2D eigenvalue weighted by Crippen LogP contribution is 2.13. The first-order valence-corrected chi connectivity index (χ1v) is 6.44. The van der Waals surface area contributed by atoms with E-state index in [4.69, 9.17) is 0 Å². The summed E-state index contributed by atoms with van der Waals surface area (Å²) >= 11 is 0. The highest BCUT2D eigenvalue weighted by molar-refractivity contribution is 5.77. The average molecular weight is 231 g/mol. The number of nitrogens with zero attached hydrogens (tertiary/aromatic N) is 1. The number of rotatable bonds is 6. The van der Waals surface area contributed by atoms with E-state index in [0.29, 0.717) is 0 Å². The quantitative estimate of drug-likeness (QED) is 0.742. The number of fused-ring (bicyclic) bond motifs is 1. The lowest BCUT2D eigenvalue weighted by Gasteiger charge is -2.04. The first kappa shape index (κ1) is 12.0. The number of H-pyrrole nitrogens is 1. The third kappa shape index (κ3) is 3.48. The minimum Gasteiger partial charge on any atom is -0.356 e. The molecule has 0 aliphatic carbocycles. The lowest BCUT2D eigenvalue weighted by atomic mass is 10.1. The van der Waals surface area contributed by atoms with Gasteiger partial charge in [-0.1, -0.05) is 38.8 Å². The number of hydrogen-bond donors (Lipinski definition) is 2. The van der Waals surface area contributed by atoms with Crippen LogP contribution in [0.25, 0.3) is 11.0 Å². The van der Waals surface area contributed by atoms with E-state index in [-0.39, 0.29) is 0 Å². The van der Waals surface area contributed by atoms with E-state index < -0.39 is 0 Å². The van der Waals surface area contributed by atoms with Crippen LogP contribution >= 0.6 is 0 Å². The fourth-order valence-corrected chi connectivity index (χ4v) is 1.92. The number of aromatic nitrogens is 2. The van der Waals surface area contributed by atoms with Crippen molar-refractivity contribution < 1.29 is 0 Å². The van der Waals surface area contributed by atoms with Crippen molar-refractivity contribution in [2.75, 3.05) is 11.9 Å². The molecule has 1 aromatic heterocycles. The van der Waals surface area contributed by atoms with Crippen LogP contribution in [0.4, 0.5) is 5.95 Å². The minimum atomic E-state index is 0.807. The van der Waals surface area contributed by atoms with Gasteiger partial charge in [-0.25, -0.2) is 4.98 Å². The zero-order valence-electron chi connectivity index (χ0n) is 10.7. The SMILES string of the molecule is CC(C)CCCCNc1nc2ccccc2[nH]1. The summed E-state index contributed by atoms with van der Waals surface area (Å²) in [7, 11) is 0. The molecule has 3 nitrogen and oxygen atoms in total. The van der Waals surface area contributed by atoms with Crippen molar-refractivity contribution in [1.82, 2.24) is 9.97 Å². The van der Waals surface area contributed by atoms with Crippen LogP contribution in [-0.4, -0.2) is 16.5 Å². The molecule has 1 heterocycles. The highest BCUT2D eigenvalue weighted by atomic mass is 15.1. The van der Waals surface area contributed by atoms with E-state index in [0.717, 1.165) is 29.4 Å². The van der Waals surface area contributed by atoms with Crippen LogP contribution < -0.4 is 5.32 Å². The second-order valence-electron chi connectivity index (χ2n) is 4.92. The van der Waals surface area contributed by atoms with Crippen molar-refractivity contribution in [3.63, 3.8) is 0 Å². The van der Waals surface area contributed by atoms with Gasteiger partial charge in [-0.05, 0) is 24.5 Å². The number of benzene rings is 1. The van der Waals surface area contributed by atoms with Crippen molar-refractivity contribution in [1.29, 1.82) is 0 Å². The maximum absolute atomic E-state index is 4.48. The maximum Gasteiger partial charge on any atom is 0.201 e. The van der Waals surface area contributed by atoms with Crippen molar-refractivity contribution in [3.05, 3.63) is 24.3 Å². The van der Waals surface area contributed by atoms with E-state index in [1.165, 1.54) is 19.3 Å². The molecule has 0 fully saturated rings. The molecule has 0 unspecified atom stereocenters. The fourth-order valence-electron chi connectivity index (χ4n) is 1.92. The number of imidazole rings is 1. The molecule has 0 radical (unpaired) electrons. The van der Waals surface area contributed by atoms with Gasteiger partial charge in [0.2, 0.25) is 5.95 Å². The van der Waals surface area contributed by atoms with E-state index in [2.05, 4.69) is 29.1 Å². The Hall–Kier alpha value is -1.51. The number of anilines is 1. The van der Waals surface area contributed by atoms with E-state index in [1.54, 1.807) is 0 Å². The Balaban J connectivity index is 1.79. The molecule has 3 heteroatoms. The second-order valence-corrected chi connectivity index (χ2v) is 4.92. The predicted molar refractivity (Wildman–Crippen MR) is 73.3 cm³/mol. The zero-order chi connectivity index (χ0) is 12.1. The Morgan fingerprint density at radius 2 is 2.06 bits per heavy atom. The Morgan fingerprint density at radius 1 is 1.24 bits per heavy atom. The van der Waals surface area contributed by atoms with E-state index in [1.807, 2.05) is 24.3 Å². The summed E-state index contributed by atoms with van der Waals surface area (Å²) in [6, 6.07) is 8.10. The molecule has 0 aliphatic rings. The third-order valence-electron chi connectivity index (χ3n) is 2.89. The van der Waals surface area contributed by atoms with Crippen molar-refractivity contribution in [2.24, 2.45) is 5.92 Å². The summed E-state index contributed by atoms with van der Waals surface area (Å²) in [5, 5.41) is 3.34. The first-order valence-electron chi connectivity index (χ1n) is 6.44. The molecule has 0 bridgehead atoms. The predicted octanol–water partition coefficient (Wildman–Crippen LogP) is 3.80. The molecular weight excluding hydrogens is 210 g/mol. The standard InChI is InChI=1S/C14H21N3/c1-11(2)7-5-6-10-15-14-16-12-8-3-4-9-13(12)17-14/h3-4,8-9,11H,5-7,10H2,1-2H3,(H2,15,16,17). The van der Waals surface area contributed by atoms with Gasteiger partial charge >= 0.3 is 0 Å². The summed E-state index contributed by atoms with van der Waals surface area (Å²) in [6.07, 6.45) is 3.79. The Bertz CT molecular complexity index is 426. The van der Waals surface area contributed by atoms with Crippen LogP contribution in [0, 0.1) is 5.92 Å². The van der Waals surface area contributed by atoms with E-state index in [9.17, 15) is 0 Å². The van der Waals surface area contributed by atoms with Gasteiger partial charge in [0.25, 0.3) is 0 Å². The highest BCUT2D eigenvalue weighted by Gasteiger charge is 2.00. The molecule has 0 aliphatic heterocycles. The van der Waals surface area contributed by atoms with Crippen molar-refractivity contribution >= 4 is 17.0 Å². The molecule has 2 rings (SSSR count). The van der Waals surface area contributed by atoms with Gasteiger partial charge in [0.1, 0.15) is 0 Å². The molecule has 0 saturated carbocycles. The smallest absolute Gasteiger partial charge is 0.201 e. The summed E-state index contributed by atoms with van der Waals surface area (Å²) < 4.78 is 0. The third-order valence-corrected chi connectivity index (χ3v) is 2.89. The minimum absolute atomic E-state index is 0.807. The van der Waals surface area contributed by atoms with Gasteiger partial charge < -0.3 is 10.3 Å². The molecule has 0 atom stereocenters. The molecule has 0 spiro atoms. The number of unbranched alkanes of at least 4 members (excludes halogenated alkanes) is 1. The summed E-state index contributed by atoms with van der Waals surface area (Å²) in [5.74, 6) is 1.69. The largest absolute Gasteiger partial charge is 0.356 e.